The van der Waals surface area contributed by atoms with Gasteiger partial charge in [-0.2, -0.15) is 13.2 Å². The van der Waals surface area contributed by atoms with Gasteiger partial charge in [-0.25, -0.2) is 9.78 Å². The predicted molar refractivity (Wildman–Crippen MR) is 251 cm³/mol. The van der Waals surface area contributed by atoms with Crippen molar-refractivity contribution in [3.63, 3.8) is 0 Å². The van der Waals surface area contributed by atoms with Gasteiger partial charge in [0.25, 0.3) is 5.91 Å². The van der Waals surface area contributed by atoms with Crippen molar-refractivity contribution in [1.82, 2.24) is 31.2 Å². The van der Waals surface area contributed by atoms with Crippen LogP contribution in [0.3, 0.4) is 0 Å². The van der Waals surface area contributed by atoms with Crippen molar-refractivity contribution in [3.8, 4) is 22.6 Å². The number of carboxylic acid groups (broad SMARTS) is 2. The zero-order chi connectivity index (χ0) is 53.0. The van der Waals surface area contributed by atoms with Gasteiger partial charge in [0.2, 0.25) is 23.6 Å². The minimum atomic E-state index is -5.19. The van der Waals surface area contributed by atoms with E-state index in [-0.39, 0.29) is 59.7 Å². The average molecular weight is 1010 g/mol. The fourth-order valence-electron chi connectivity index (χ4n) is 7.80. The van der Waals surface area contributed by atoms with Gasteiger partial charge in [-0.05, 0) is 86.4 Å². The first kappa shape index (κ1) is 57.1. The molecule has 4 atom stereocenters. The molecule has 0 saturated carbocycles. The third kappa shape index (κ3) is 17.7. The second-order valence-corrected chi connectivity index (χ2v) is 17.3. The number of nitrogens with zero attached hydrogens (tertiary/aromatic N) is 2. The number of alkyl halides is 3. The number of fused-ring (bicyclic) bond motifs is 5. The van der Waals surface area contributed by atoms with Crippen molar-refractivity contribution >= 4 is 41.5 Å². The van der Waals surface area contributed by atoms with Gasteiger partial charge in [0.15, 0.2) is 11.6 Å². The molecule has 390 valence electrons. The number of carboxylic acids is 2. The second-order valence-electron chi connectivity index (χ2n) is 17.3. The number of hydrogen-bond donors (Lipinski definition) is 8. The molecule has 5 amide bonds. The number of carbonyl (C=O) groups is 7. The smallest absolute Gasteiger partial charge is 0.430 e. The number of aliphatic carboxylic acids is 2. The summed E-state index contributed by atoms with van der Waals surface area (Å²) < 4.78 is 37.1. The average Bonchev–Trinajstić information content (AvgIpc) is 3.82. The van der Waals surface area contributed by atoms with Crippen LogP contribution in [0.4, 0.5) is 13.2 Å². The summed E-state index contributed by atoms with van der Waals surface area (Å²) in [6.07, 6.45) is 5.30. The number of quaternary nitrogens is 1. The lowest BCUT2D eigenvalue weighted by atomic mass is 9.93. The molecular formula is C50H62F3N7O12. The Morgan fingerprint density at radius 2 is 1.50 bits per heavy atom. The number of carbonyl (C=O) groups excluding carboxylic acids is 6. The Hall–Kier alpha value is -7.49. The van der Waals surface area contributed by atoms with Crippen molar-refractivity contribution in [2.45, 2.75) is 121 Å². The molecule has 1 aromatic heterocycles. The number of hydrogen-bond acceptors (Lipinski definition) is 12. The molecule has 0 saturated heterocycles. The highest BCUT2D eigenvalue weighted by atomic mass is 19.4. The molecule has 1 aliphatic rings. The molecule has 72 heavy (non-hydrogen) atoms. The fourth-order valence-corrected chi connectivity index (χ4v) is 7.80. The molecule has 4 aromatic rings. The van der Waals surface area contributed by atoms with Crippen LogP contribution in [0.5, 0.6) is 11.5 Å². The Morgan fingerprint density at radius 3 is 2.14 bits per heavy atom. The zero-order valence-electron chi connectivity index (χ0n) is 40.1. The van der Waals surface area contributed by atoms with Crippen LogP contribution in [0, 0.1) is 0 Å². The lowest BCUT2D eigenvalue weighted by Gasteiger charge is -2.32. The van der Waals surface area contributed by atoms with Crippen molar-refractivity contribution in [2.24, 2.45) is 0 Å². The summed E-state index contributed by atoms with van der Waals surface area (Å²) in [4.78, 5) is 94.4. The molecule has 0 fully saturated rings. The molecule has 4 bridgehead atoms. The molecule has 10 N–H and O–H groups in total. The van der Waals surface area contributed by atoms with E-state index >= 15 is 0 Å². The van der Waals surface area contributed by atoms with Crippen molar-refractivity contribution < 1.29 is 77.3 Å². The third-order valence-electron chi connectivity index (χ3n) is 11.7. The first-order chi connectivity index (χ1) is 34.2. The van der Waals surface area contributed by atoms with Crippen LogP contribution in [-0.2, 0) is 48.0 Å². The number of aromatic hydroxyl groups is 2. The van der Waals surface area contributed by atoms with E-state index in [0.29, 0.717) is 37.3 Å². The molecule has 19 nitrogen and oxygen atoms in total. The van der Waals surface area contributed by atoms with Gasteiger partial charge in [0.1, 0.15) is 47.9 Å². The Labute approximate surface area is 413 Å². The normalized spacial score (nSPS) is 16.1. The Balaban J connectivity index is 0.00000149. The van der Waals surface area contributed by atoms with Crippen LogP contribution in [0.2, 0.25) is 0 Å². The van der Waals surface area contributed by atoms with Crippen LogP contribution >= 0.6 is 0 Å². The van der Waals surface area contributed by atoms with E-state index in [9.17, 15) is 57.3 Å². The summed E-state index contributed by atoms with van der Waals surface area (Å²) in [5.41, 5.74) is 6.18. The topological polar surface area (TPSA) is 308 Å². The number of unbranched alkanes of at least 4 members (excludes halogenated alkanes) is 6. The summed E-state index contributed by atoms with van der Waals surface area (Å²) in [5.74, 6) is -7.68. The van der Waals surface area contributed by atoms with Gasteiger partial charge in [-0.3, -0.25) is 24.0 Å². The number of halogens is 3. The molecule has 5 rings (SSSR count). The molecule has 2 heterocycles. The Bertz CT molecular complexity index is 2490. The van der Waals surface area contributed by atoms with Crippen molar-refractivity contribution in [2.75, 3.05) is 20.1 Å². The maximum absolute atomic E-state index is 14.4. The standard InChI is InChI=1S/C48H61N7O10.C2HF3O2/c1-30-44(59)54-37(48(63)64)27-32-19-21-39(56)34(26-32)35-28-33(20-22-40(35)57)43(46(61)51-30)55(2)47(62)36(17-12-13-24-49)52-41(58)23-25-50-45(60)38-29-65-42(53-38)18-11-6-4-3-5-8-14-31-15-9-7-10-16-31;3-2(4,5)1(6)7/h7,9-10,15-16,19-22,26,28-30,36-37,43,56-57H,3-6,8,11-14,17-18,23-25,27,49H2,1-2H3,(H,50,60)(H,51,61)(H,52,58)(H,54,59)(H,63,64);(H,6,7)/t30-,36-,37-,43-;/m0./s1. The Kier molecular flexibility index (Phi) is 22.0. The van der Waals surface area contributed by atoms with Crippen LogP contribution in [0.15, 0.2) is 77.4 Å². The summed E-state index contributed by atoms with van der Waals surface area (Å²) >= 11 is 0. The molecule has 22 heteroatoms. The quantitative estimate of drug-likeness (QED) is 0.0558. The largest absolute Gasteiger partial charge is 0.542 e. The number of oxazole rings is 1. The van der Waals surface area contributed by atoms with Crippen LogP contribution < -0.4 is 32.1 Å². The van der Waals surface area contributed by atoms with E-state index in [1.807, 2.05) is 6.07 Å². The number of nitrogens with one attached hydrogen (secondary N) is 4. The molecule has 0 spiro atoms. The molecule has 0 aliphatic carbocycles. The highest BCUT2D eigenvalue weighted by molar-refractivity contribution is 5.96. The first-order valence-corrected chi connectivity index (χ1v) is 23.6. The minimum absolute atomic E-state index is 0.0647. The molecule has 3 aromatic carbocycles. The summed E-state index contributed by atoms with van der Waals surface area (Å²) in [7, 11) is 1.37. The summed E-state index contributed by atoms with van der Waals surface area (Å²) in [5, 5.41) is 51.0. The number of aromatic nitrogens is 1. The number of benzene rings is 3. The van der Waals surface area contributed by atoms with E-state index in [4.69, 9.17) is 14.3 Å². The van der Waals surface area contributed by atoms with Gasteiger partial charge in [0, 0.05) is 44.0 Å². The minimum Gasteiger partial charge on any atom is -0.542 e. The van der Waals surface area contributed by atoms with Crippen molar-refractivity contribution in [1.29, 1.82) is 0 Å². The van der Waals surface area contributed by atoms with Crippen LogP contribution in [0.1, 0.15) is 110 Å². The second kappa shape index (κ2) is 27.8. The number of aryl methyl sites for hydroxylation is 2. The lowest BCUT2D eigenvalue weighted by Crippen LogP contribution is -2.55. The van der Waals surface area contributed by atoms with E-state index in [1.165, 1.54) is 68.6 Å². The van der Waals surface area contributed by atoms with E-state index < -0.39 is 71.8 Å². The first-order valence-electron chi connectivity index (χ1n) is 23.6. The lowest BCUT2D eigenvalue weighted by molar-refractivity contribution is -0.368. The highest BCUT2D eigenvalue weighted by Gasteiger charge is 2.36. The van der Waals surface area contributed by atoms with Gasteiger partial charge < -0.3 is 61.5 Å². The predicted octanol–water partition coefficient (Wildman–Crippen LogP) is 3.02. The van der Waals surface area contributed by atoms with Crippen LogP contribution in [0.25, 0.3) is 11.1 Å². The van der Waals surface area contributed by atoms with Gasteiger partial charge in [0.05, 0.1) is 6.54 Å². The summed E-state index contributed by atoms with van der Waals surface area (Å²) in [6, 6.07) is 13.7. The van der Waals surface area contributed by atoms with Gasteiger partial charge in [-0.15, -0.1) is 0 Å². The highest BCUT2D eigenvalue weighted by Crippen LogP contribution is 2.39. The number of phenolic OH excluding ortho intramolecular Hbond substituents is 2. The van der Waals surface area contributed by atoms with Crippen molar-refractivity contribution in [3.05, 3.63) is 101 Å². The molecule has 0 radical (unpaired) electrons. The molecule has 0 unspecified atom stereocenters. The maximum atomic E-state index is 14.4. The maximum Gasteiger partial charge on any atom is 0.430 e. The molecule has 1 aliphatic heterocycles. The number of rotatable bonds is 21. The number of phenols is 2. The number of likely N-dealkylation sites (N-methyl/N-ethyl adjacent to an activating group) is 1. The van der Waals surface area contributed by atoms with E-state index in [2.05, 4.69) is 56.3 Å². The zero-order valence-corrected chi connectivity index (χ0v) is 40.1. The van der Waals surface area contributed by atoms with Crippen LogP contribution in [-0.4, -0.2) is 111 Å². The number of amides is 5. The summed E-state index contributed by atoms with van der Waals surface area (Å²) in [6.45, 7) is 1.89. The van der Waals surface area contributed by atoms with Gasteiger partial charge >= 0.3 is 12.1 Å². The Morgan fingerprint density at radius 1 is 0.875 bits per heavy atom. The SMILES string of the molecule is C[C@@H]1NC(=O)[C@@H](N(C)C(=O)[C@H](CCCC[NH3+])NC(=O)CCNC(=O)c2coc(CCCCCCCCc3ccccc3)n2)c2ccc(O)c(c2)-c2cc(ccc2O)C[C@@H](C(=O)O)NC1=O.O=C([O-])C(F)(F)F. The monoisotopic (exact) mass is 1010 g/mol. The molecular weight excluding hydrogens is 948 g/mol. The van der Waals surface area contributed by atoms with E-state index in [0.717, 1.165) is 43.4 Å². The fraction of sp³-hybridized carbons (Fsp3) is 0.440. The third-order valence-corrected chi connectivity index (χ3v) is 11.7. The van der Waals surface area contributed by atoms with Gasteiger partial charge in [-0.1, -0.05) is 68.1 Å². The van der Waals surface area contributed by atoms with E-state index in [1.54, 1.807) is 0 Å².